The Morgan fingerprint density at radius 3 is 2.22 bits per heavy atom. The monoisotopic (exact) mass is 132 g/mol. The van der Waals surface area contributed by atoms with Gasteiger partial charge in [0.2, 0.25) is 0 Å². The number of aliphatic hydroxyl groups is 1. The van der Waals surface area contributed by atoms with Crippen LogP contribution in [0.25, 0.3) is 0 Å². The highest BCUT2D eigenvalue weighted by atomic mass is 17.1. The molecule has 0 aromatic carbocycles. The lowest BCUT2D eigenvalue weighted by atomic mass is 10.0. The van der Waals surface area contributed by atoms with E-state index in [9.17, 15) is 0 Å². The first-order valence-corrected chi connectivity index (χ1v) is 2.66. The predicted molar refractivity (Wildman–Crippen MR) is 34.0 cm³/mol. The molecule has 3 heteroatoms. The van der Waals surface area contributed by atoms with E-state index in [4.69, 9.17) is 10.4 Å². The smallest absolute Gasteiger partial charge is 0.144 e. The molecule has 0 bridgehead atoms. The molecule has 3 nitrogen and oxygen atoms in total. The van der Waals surface area contributed by atoms with E-state index in [1.807, 2.05) is 0 Å². The molecule has 0 saturated heterocycles. The molecule has 0 aliphatic carbocycles. The van der Waals surface area contributed by atoms with Crippen molar-refractivity contribution in [1.29, 1.82) is 0 Å². The molecule has 0 rings (SSSR count). The Morgan fingerprint density at radius 2 is 2.22 bits per heavy atom. The van der Waals surface area contributed by atoms with Gasteiger partial charge in [0.1, 0.15) is 5.60 Å². The van der Waals surface area contributed by atoms with Crippen molar-refractivity contribution in [3.8, 4) is 0 Å². The first kappa shape index (κ1) is 8.62. The van der Waals surface area contributed by atoms with E-state index in [0.29, 0.717) is 5.57 Å². The summed E-state index contributed by atoms with van der Waals surface area (Å²) < 4.78 is 0. The molecule has 0 aromatic rings. The summed E-state index contributed by atoms with van der Waals surface area (Å²) in [6.07, 6.45) is 0. The van der Waals surface area contributed by atoms with Gasteiger partial charge in [0.25, 0.3) is 0 Å². The van der Waals surface area contributed by atoms with Crippen molar-refractivity contribution >= 4 is 0 Å². The third-order valence-corrected chi connectivity index (χ3v) is 1.41. The molecule has 0 aromatic heterocycles. The standard InChI is InChI=1S/C6H12O3/c1-5(2)6(3,4-7)9-8/h7-8H,1,4H2,2-3H3. The van der Waals surface area contributed by atoms with Crippen molar-refractivity contribution in [2.24, 2.45) is 0 Å². The van der Waals surface area contributed by atoms with Crippen molar-refractivity contribution in [2.75, 3.05) is 6.61 Å². The minimum absolute atomic E-state index is 0.265. The molecule has 0 amide bonds. The summed E-state index contributed by atoms with van der Waals surface area (Å²) in [5.74, 6) is 0. The Bertz CT molecular complexity index is 105. The van der Waals surface area contributed by atoms with E-state index in [1.165, 1.54) is 0 Å². The van der Waals surface area contributed by atoms with Crippen LogP contribution in [0.4, 0.5) is 0 Å². The van der Waals surface area contributed by atoms with E-state index in [1.54, 1.807) is 13.8 Å². The van der Waals surface area contributed by atoms with E-state index in [0.717, 1.165) is 0 Å². The minimum Gasteiger partial charge on any atom is -0.393 e. The largest absolute Gasteiger partial charge is 0.393 e. The van der Waals surface area contributed by atoms with E-state index < -0.39 is 5.60 Å². The topological polar surface area (TPSA) is 49.7 Å². The number of hydrogen-bond donors (Lipinski definition) is 2. The van der Waals surface area contributed by atoms with Gasteiger partial charge in [-0.3, -0.25) is 5.26 Å². The van der Waals surface area contributed by atoms with Crippen LogP contribution >= 0.6 is 0 Å². The first-order valence-electron chi connectivity index (χ1n) is 2.66. The molecule has 9 heavy (non-hydrogen) atoms. The number of hydrogen-bond acceptors (Lipinski definition) is 3. The van der Waals surface area contributed by atoms with Crippen LogP contribution in [0.15, 0.2) is 12.2 Å². The summed E-state index contributed by atoms with van der Waals surface area (Å²) in [5.41, 5.74) is -0.410. The molecule has 1 atom stereocenters. The lowest BCUT2D eigenvalue weighted by Crippen LogP contribution is -2.32. The average Bonchev–Trinajstić information content (AvgIpc) is 1.86. The second-order valence-corrected chi connectivity index (χ2v) is 2.26. The second-order valence-electron chi connectivity index (χ2n) is 2.26. The van der Waals surface area contributed by atoms with Gasteiger partial charge in [0.15, 0.2) is 0 Å². The zero-order valence-electron chi connectivity index (χ0n) is 5.72. The van der Waals surface area contributed by atoms with E-state index in [-0.39, 0.29) is 6.61 Å². The van der Waals surface area contributed by atoms with Crippen LogP contribution in [0.3, 0.4) is 0 Å². The highest BCUT2D eigenvalue weighted by molar-refractivity contribution is 5.07. The zero-order valence-corrected chi connectivity index (χ0v) is 5.72. The van der Waals surface area contributed by atoms with Crippen LogP contribution in [-0.2, 0) is 4.89 Å². The molecule has 0 aliphatic rings. The maximum absolute atomic E-state index is 8.61. The maximum Gasteiger partial charge on any atom is 0.144 e. The van der Waals surface area contributed by atoms with Crippen LogP contribution in [0, 0.1) is 0 Å². The zero-order chi connectivity index (χ0) is 7.49. The fraction of sp³-hybridized carbons (Fsp3) is 0.667. The van der Waals surface area contributed by atoms with Gasteiger partial charge in [-0.1, -0.05) is 6.58 Å². The third-order valence-electron chi connectivity index (χ3n) is 1.41. The van der Waals surface area contributed by atoms with Gasteiger partial charge in [0, 0.05) is 0 Å². The lowest BCUT2D eigenvalue weighted by Gasteiger charge is -2.22. The molecular formula is C6H12O3. The molecule has 0 spiro atoms. The quantitative estimate of drug-likeness (QED) is 0.339. The van der Waals surface area contributed by atoms with Gasteiger partial charge in [-0.25, -0.2) is 4.89 Å². The first-order chi connectivity index (χ1) is 4.06. The Labute approximate surface area is 54.5 Å². The van der Waals surface area contributed by atoms with Crippen molar-refractivity contribution in [1.82, 2.24) is 0 Å². The van der Waals surface area contributed by atoms with E-state index in [2.05, 4.69) is 11.5 Å². The number of aliphatic hydroxyl groups excluding tert-OH is 1. The third kappa shape index (κ3) is 1.78. The molecule has 0 aliphatic heterocycles. The summed E-state index contributed by atoms with van der Waals surface area (Å²) in [7, 11) is 0. The predicted octanol–water partition coefficient (Wildman–Crippen LogP) is 0.803. The SMILES string of the molecule is C=C(C)C(C)(CO)OO. The van der Waals surface area contributed by atoms with Crippen LogP contribution in [0.2, 0.25) is 0 Å². The van der Waals surface area contributed by atoms with Crippen molar-refractivity contribution < 1.29 is 15.3 Å². The highest BCUT2D eigenvalue weighted by Gasteiger charge is 2.25. The highest BCUT2D eigenvalue weighted by Crippen LogP contribution is 2.16. The number of rotatable bonds is 3. The molecular weight excluding hydrogens is 120 g/mol. The molecule has 0 saturated carbocycles. The summed E-state index contributed by atoms with van der Waals surface area (Å²) >= 11 is 0. The molecule has 0 heterocycles. The Hall–Kier alpha value is -0.380. The molecule has 54 valence electrons. The van der Waals surface area contributed by atoms with Crippen molar-refractivity contribution in [3.63, 3.8) is 0 Å². The van der Waals surface area contributed by atoms with Crippen molar-refractivity contribution in [2.45, 2.75) is 19.4 Å². The maximum atomic E-state index is 8.61. The van der Waals surface area contributed by atoms with Gasteiger partial charge in [-0.2, -0.15) is 0 Å². The molecule has 2 N–H and O–H groups in total. The summed E-state index contributed by atoms with van der Waals surface area (Å²) in [6.45, 7) is 6.48. The second kappa shape index (κ2) is 2.96. The molecule has 1 unspecified atom stereocenters. The normalized spacial score (nSPS) is 16.9. The fourth-order valence-electron chi connectivity index (χ4n) is 0.242. The van der Waals surface area contributed by atoms with Crippen LogP contribution in [0.1, 0.15) is 13.8 Å². The summed E-state index contributed by atoms with van der Waals surface area (Å²) in [4.78, 5) is 4.00. The Morgan fingerprint density at radius 1 is 1.78 bits per heavy atom. The van der Waals surface area contributed by atoms with Gasteiger partial charge < -0.3 is 5.11 Å². The van der Waals surface area contributed by atoms with Crippen molar-refractivity contribution in [3.05, 3.63) is 12.2 Å². The van der Waals surface area contributed by atoms with Crippen LogP contribution < -0.4 is 0 Å². The van der Waals surface area contributed by atoms with Gasteiger partial charge in [-0.15, -0.1) is 0 Å². The fourth-order valence-corrected chi connectivity index (χ4v) is 0.242. The Kier molecular flexibility index (Phi) is 2.84. The average molecular weight is 132 g/mol. The van der Waals surface area contributed by atoms with Gasteiger partial charge in [-0.05, 0) is 19.4 Å². The van der Waals surface area contributed by atoms with Crippen LogP contribution in [0.5, 0.6) is 0 Å². The Balaban J connectivity index is 4.09. The van der Waals surface area contributed by atoms with Gasteiger partial charge >= 0.3 is 0 Å². The van der Waals surface area contributed by atoms with Crippen LogP contribution in [-0.4, -0.2) is 22.6 Å². The lowest BCUT2D eigenvalue weighted by molar-refractivity contribution is -0.312. The minimum atomic E-state index is -1.00. The summed E-state index contributed by atoms with van der Waals surface area (Å²) in [6, 6.07) is 0. The molecule has 0 radical (unpaired) electrons. The summed E-state index contributed by atoms with van der Waals surface area (Å²) in [5, 5.41) is 16.8. The van der Waals surface area contributed by atoms with Gasteiger partial charge in [0.05, 0.1) is 6.61 Å². The molecule has 0 fully saturated rings. The van der Waals surface area contributed by atoms with E-state index >= 15 is 0 Å².